The van der Waals surface area contributed by atoms with Crippen molar-refractivity contribution in [3.63, 3.8) is 0 Å². The van der Waals surface area contributed by atoms with Crippen molar-refractivity contribution in [3.8, 4) is 6.07 Å². The van der Waals surface area contributed by atoms with Gasteiger partial charge in [-0.1, -0.05) is 0 Å². The molecule has 0 aromatic carbocycles. The van der Waals surface area contributed by atoms with Gasteiger partial charge >= 0.3 is 6.03 Å². The molecule has 12 nitrogen and oxygen atoms in total. The Kier molecular flexibility index (Phi) is 7.72. The Bertz CT molecular complexity index is 1320. The van der Waals surface area contributed by atoms with Crippen LogP contribution in [0.3, 0.4) is 0 Å². The largest absolute Gasteiger partial charge is 0.379 e. The van der Waals surface area contributed by atoms with Gasteiger partial charge in [0.1, 0.15) is 29.5 Å². The van der Waals surface area contributed by atoms with Gasteiger partial charge in [-0.05, 0) is 37.3 Å². The van der Waals surface area contributed by atoms with E-state index in [1.807, 2.05) is 6.07 Å². The van der Waals surface area contributed by atoms with Crippen LogP contribution in [0, 0.1) is 11.3 Å². The lowest BCUT2D eigenvalue weighted by atomic mass is 9.88. The number of nitriles is 1. The SMILES string of the molecule is CO[C@H]1CC[C@H]1Nc1cc(NC(=O)N2CCCc3cc(CN4CC[C@@H](OC)C4=O)c(C=O)nc32)ncc1C#N. The summed E-state index contributed by atoms with van der Waals surface area (Å²) in [5, 5.41) is 15.6. The van der Waals surface area contributed by atoms with Gasteiger partial charge in [-0.2, -0.15) is 5.26 Å². The summed E-state index contributed by atoms with van der Waals surface area (Å²) in [5.74, 6) is 0.595. The number of methoxy groups -OCH3 is 2. The number of rotatable bonds is 8. The summed E-state index contributed by atoms with van der Waals surface area (Å²) in [6, 6.07) is 5.28. The normalized spacial score (nSPS) is 22.1. The van der Waals surface area contributed by atoms with Crippen LogP contribution in [-0.4, -0.2) is 78.7 Å². The van der Waals surface area contributed by atoms with Crippen LogP contribution in [0.25, 0.3) is 0 Å². The van der Waals surface area contributed by atoms with Crippen molar-refractivity contribution in [1.82, 2.24) is 14.9 Å². The molecule has 204 valence electrons. The maximum Gasteiger partial charge on any atom is 0.328 e. The molecule has 3 aliphatic rings. The van der Waals surface area contributed by atoms with E-state index in [4.69, 9.17) is 9.47 Å². The molecule has 2 N–H and O–H groups in total. The maximum absolute atomic E-state index is 13.3. The highest BCUT2D eigenvalue weighted by Gasteiger charge is 2.33. The third-order valence-corrected chi connectivity index (χ3v) is 7.64. The smallest absolute Gasteiger partial charge is 0.328 e. The average molecular weight is 534 g/mol. The van der Waals surface area contributed by atoms with Crippen LogP contribution >= 0.6 is 0 Å². The Morgan fingerprint density at radius 1 is 1.23 bits per heavy atom. The number of likely N-dealkylation sites (tertiary alicyclic amines) is 1. The van der Waals surface area contributed by atoms with Gasteiger partial charge in [0.25, 0.3) is 5.91 Å². The van der Waals surface area contributed by atoms with Gasteiger partial charge in [-0.3, -0.25) is 19.8 Å². The molecule has 0 bridgehead atoms. The Morgan fingerprint density at radius 2 is 2.08 bits per heavy atom. The molecule has 5 rings (SSSR count). The zero-order valence-corrected chi connectivity index (χ0v) is 22.0. The second-order valence-corrected chi connectivity index (χ2v) is 9.92. The van der Waals surface area contributed by atoms with E-state index in [0.717, 1.165) is 18.4 Å². The second kappa shape index (κ2) is 11.3. The Balaban J connectivity index is 1.34. The number of ether oxygens (including phenoxy) is 2. The van der Waals surface area contributed by atoms with Crippen molar-refractivity contribution in [2.45, 2.75) is 56.9 Å². The highest BCUT2D eigenvalue weighted by Crippen LogP contribution is 2.31. The van der Waals surface area contributed by atoms with Crippen LogP contribution in [0.15, 0.2) is 18.3 Å². The van der Waals surface area contributed by atoms with Gasteiger partial charge in [-0.15, -0.1) is 0 Å². The average Bonchev–Trinajstić information content (AvgIpc) is 3.29. The highest BCUT2D eigenvalue weighted by atomic mass is 16.5. The zero-order chi connectivity index (χ0) is 27.5. The van der Waals surface area contributed by atoms with E-state index in [2.05, 4.69) is 26.7 Å². The van der Waals surface area contributed by atoms with Crippen molar-refractivity contribution < 1.29 is 23.9 Å². The fraction of sp³-hybridized carbons (Fsp3) is 0.481. The van der Waals surface area contributed by atoms with Gasteiger partial charge in [-0.25, -0.2) is 14.8 Å². The standard InChI is InChI=1S/C27H31N7O5/c1-38-22-6-5-19(22)30-20-11-24(29-13-18(20)12-28)32-27(37)34-8-3-4-16-10-17(21(15-35)31-25(16)34)14-33-9-7-23(39-2)26(33)36/h10-11,13,15,19,22-23H,3-9,14H2,1-2H3,(H2,29,30,32,37)/t19-,22+,23-/m1/s1. The first-order valence-electron chi connectivity index (χ1n) is 13.0. The monoisotopic (exact) mass is 533 g/mol. The van der Waals surface area contributed by atoms with Crippen LogP contribution in [0.4, 0.5) is 22.1 Å². The third-order valence-electron chi connectivity index (χ3n) is 7.64. The molecule has 1 saturated heterocycles. The number of hydrogen-bond acceptors (Lipinski definition) is 9. The number of fused-ring (bicyclic) bond motifs is 1. The Morgan fingerprint density at radius 3 is 2.74 bits per heavy atom. The van der Waals surface area contributed by atoms with E-state index in [-0.39, 0.29) is 36.1 Å². The van der Waals surface area contributed by atoms with E-state index >= 15 is 0 Å². The predicted molar refractivity (Wildman–Crippen MR) is 142 cm³/mol. The van der Waals surface area contributed by atoms with Crippen LogP contribution < -0.4 is 15.5 Å². The molecule has 3 atom stereocenters. The van der Waals surface area contributed by atoms with Gasteiger partial charge in [0.15, 0.2) is 6.29 Å². The minimum absolute atomic E-state index is 0.0700. The number of urea groups is 1. The van der Waals surface area contributed by atoms with Crippen LogP contribution in [-0.2, 0) is 27.2 Å². The highest BCUT2D eigenvalue weighted by molar-refractivity contribution is 6.02. The molecule has 2 aromatic heterocycles. The molecular formula is C27H31N7O5. The molecule has 0 unspecified atom stereocenters. The molecule has 1 aliphatic carbocycles. The second-order valence-electron chi connectivity index (χ2n) is 9.92. The molecule has 3 amide bonds. The summed E-state index contributed by atoms with van der Waals surface area (Å²) in [6.07, 6.45) is 5.56. The molecule has 2 aromatic rings. The molecular weight excluding hydrogens is 502 g/mol. The predicted octanol–water partition coefficient (Wildman–Crippen LogP) is 2.48. The zero-order valence-electron chi connectivity index (χ0n) is 22.0. The van der Waals surface area contributed by atoms with E-state index < -0.39 is 12.1 Å². The topological polar surface area (TPSA) is 150 Å². The molecule has 1 saturated carbocycles. The van der Waals surface area contributed by atoms with Gasteiger partial charge in [0.2, 0.25) is 0 Å². The van der Waals surface area contributed by atoms with E-state index in [1.54, 1.807) is 18.1 Å². The number of carbonyl (C=O) groups excluding carboxylic acids is 3. The summed E-state index contributed by atoms with van der Waals surface area (Å²) in [6.45, 7) is 1.22. The molecule has 39 heavy (non-hydrogen) atoms. The summed E-state index contributed by atoms with van der Waals surface area (Å²) >= 11 is 0. The van der Waals surface area contributed by atoms with Crippen LogP contribution in [0.1, 0.15) is 52.9 Å². The number of nitrogens with one attached hydrogen (secondary N) is 2. The van der Waals surface area contributed by atoms with E-state index in [0.29, 0.717) is 61.3 Å². The minimum atomic E-state index is -0.462. The lowest BCUT2D eigenvalue weighted by Crippen LogP contribution is -2.44. The van der Waals surface area contributed by atoms with Crippen molar-refractivity contribution >= 4 is 35.5 Å². The number of pyridine rings is 2. The summed E-state index contributed by atoms with van der Waals surface area (Å²) in [4.78, 5) is 49.7. The number of nitrogens with zero attached hydrogens (tertiary/aromatic N) is 5. The quantitative estimate of drug-likeness (QED) is 0.488. The molecule has 0 radical (unpaired) electrons. The van der Waals surface area contributed by atoms with Gasteiger partial charge in [0.05, 0.1) is 23.4 Å². The van der Waals surface area contributed by atoms with Crippen molar-refractivity contribution in [1.29, 1.82) is 5.26 Å². The number of amides is 3. The van der Waals surface area contributed by atoms with E-state index in [9.17, 15) is 19.6 Å². The number of aldehydes is 1. The van der Waals surface area contributed by atoms with Crippen LogP contribution in [0.5, 0.6) is 0 Å². The molecule has 2 fully saturated rings. The third kappa shape index (κ3) is 5.28. The number of hydrogen-bond donors (Lipinski definition) is 2. The lowest BCUT2D eigenvalue weighted by molar-refractivity contribution is -0.136. The number of aryl methyl sites for hydroxylation is 1. The number of anilines is 3. The van der Waals surface area contributed by atoms with Crippen molar-refractivity contribution in [2.24, 2.45) is 0 Å². The Hall–Kier alpha value is -4.08. The minimum Gasteiger partial charge on any atom is -0.379 e. The van der Waals surface area contributed by atoms with E-state index in [1.165, 1.54) is 18.2 Å². The first kappa shape index (κ1) is 26.5. The first-order chi connectivity index (χ1) is 18.9. The molecule has 12 heteroatoms. The first-order valence-corrected chi connectivity index (χ1v) is 13.0. The van der Waals surface area contributed by atoms with Gasteiger partial charge < -0.3 is 19.7 Å². The molecule has 0 spiro atoms. The fourth-order valence-electron chi connectivity index (χ4n) is 5.30. The van der Waals surface area contributed by atoms with Gasteiger partial charge in [0, 0.05) is 58.1 Å². The fourth-order valence-corrected chi connectivity index (χ4v) is 5.30. The lowest BCUT2D eigenvalue weighted by Gasteiger charge is -2.36. The van der Waals surface area contributed by atoms with Crippen molar-refractivity contribution in [3.05, 3.63) is 40.7 Å². The maximum atomic E-state index is 13.3. The molecule has 2 aliphatic heterocycles. The number of aromatic nitrogens is 2. The Labute approximate surface area is 226 Å². The number of carbonyl (C=O) groups is 3. The molecule has 4 heterocycles. The summed E-state index contributed by atoms with van der Waals surface area (Å²) in [7, 11) is 3.17. The van der Waals surface area contributed by atoms with Crippen molar-refractivity contribution in [2.75, 3.05) is 42.8 Å². The van der Waals surface area contributed by atoms with Crippen LogP contribution in [0.2, 0.25) is 0 Å². The summed E-state index contributed by atoms with van der Waals surface area (Å²) < 4.78 is 10.7. The summed E-state index contributed by atoms with van der Waals surface area (Å²) in [5.41, 5.74) is 2.62.